The zero-order valence-electron chi connectivity index (χ0n) is 15.1. The molecule has 0 aliphatic rings. The maximum absolute atomic E-state index is 11.9. The first kappa shape index (κ1) is 19.0. The van der Waals surface area contributed by atoms with Crippen molar-refractivity contribution in [1.82, 2.24) is 20.9 Å². The Morgan fingerprint density at radius 1 is 1.24 bits per heavy atom. The van der Waals surface area contributed by atoms with Gasteiger partial charge >= 0.3 is 0 Å². The number of nitrogens with one attached hydrogen (secondary N) is 3. The summed E-state index contributed by atoms with van der Waals surface area (Å²) in [5, 5.41) is 10.3. The number of aryl methyl sites for hydroxylation is 3. The van der Waals surface area contributed by atoms with Gasteiger partial charge in [-0.3, -0.25) is 9.79 Å². The summed E-state index contributed by atoms with van der Waals surface area (Å²) in [6.45, 7) is 7.85. The Balaban J connectivity index is 1.64. The molecule has 0 bridgehead atoms. The summed E-state index contributed by atoms with van der Waals surface area (Å²) in [4.78, 5) is 21.8. The maximum atomic E-state index is 11.9. The normalized spacial score (nSPS) is 11.4. The van der Waals surface area contributed by atoms with Crippen LogP contribution in [-0.4, -0.2) is 37.0 Å². The smallest absolute Gasteiger partial charge is 0.287 e. The fraction of sp³-hybridized carbons (Fsp3) is 0.471. The number of carbonyl (C=O) groups excluding carboxylic acids is 1. The van der Waals surface area contributed by atoms with Crippen molar-refractivity contribution in [3.63, 3.8) is 0 Å². The van der Waals surface area contributed by atoms with E-state index in [1.54, 1.807) is 24.5 Å². The van der Waals surface area contributed by atoms with E-state index < -0.39 is 0 Å². The number of furan rings is 1. The van der Waals surface area contributed by atoms with Crippen molar-refractivity contribution in [3.8, 4) is 0 Å². The molecule has 25 heavy (non-hydrogen) atoms. The van der Waals surface area contributed by atoms with Gasteiger partial charge in [0.15, 0.2) is 11.7 Å². The third-order valence-electron chi connectivity index (χ3n) is 3.70. The molecule has 0 aliphatic carbocycles. The average Bonchev–Trinajstić information content (AvgIpc) is 3.15. The Morgan fingerprint density at radius 3 is 2.60 bits per heavy atom. The molecule has 0 fully saturated rings. The van der Waals surface area contributed by atoms with Crippen LogP contribution < -0.4 is 16.0 Å². The van der Waals surface area contributed by atoms with Crippen LogP contribution in [0.5, 0.6) is 0 Å². The Morgan fingerprint density at radius 2 is 2.00 bits per heavy atom. The van der Waals surface area contributed by atoms with E-state index >= 15 is 0 Å². The van der Waals surface area contributed by atoms with E-state index in [-0.39, 0.29) is 5.91 Å². The molecule has 0 radical (unpaired) electrons. The van der Waals surface area contributed by atoms with Gasteiger partial charge in [0.05, 0.1) is 18.5 Å². The Hall–Kier alpha value is -2.35. The number of amides is 1. The second-order valence-corrected chi connectivity index (χ2v) is 6.93. The second-order valence-electron chi connectivity index (χ2n) is 5.64. The predicted molar refractivity (Wildman–Crippen MR) is 100 cm³/mol. The van der Waals surface area contributed by atoms with Crippen molar-refractivity contribution in [3.05, 3.63) is 39.2 Å². The molecular weight excluding hydrogens is 338 g/mol. The van der Waals surface area contributed by atoms with E-state index in [9.17, 15) is 4.79 Å². The van der Waals surface area contributed by atoms with Crippen molar-refractivity contribution < 1.29 is 9.21 Å². The first-order chi connectivity index (χ1) is 12.0. The standard InChI is InChI=1S/C17H25N5O2S/c1-11-6-9-24-15(11)16(23)19-7-5-8-20-17(18-4)21-10-14-22-12(2)13(3)25-14/h6,9H,5,7-8,10H2,1-4H3,(H,19,23)(H2,18,20,21). The first-order valence-corrected chi connectivity index (χ1v) is 9.02. The molecule has 0 atom stereocenters. The summed E-state index contributed by atoms with van der Waals surface area (Å²) >= 11 is 1.69. The number of hydrogen-bond acceptors (Lipinski definition) is 5. The van der Waals surface area contributed by atoms with Crippen molar-refractivity contribution in [2.24, 2.45) is 4.99 Å². The molecule has 0 saturated carbocycles. The van der Waals surface area contributed by atoms with Gasteiger partial charge in [0, 0.05) is 30.6 Å². The Labute approximate surface area is 151 Å². The molecule has 0 spiro atoms. The van der Waals surface area contributed by atoms with Crippen molar-refractivity contribution >= 4 is 23.2 Å². The summed E-state index contributed by atoms with van der Waals surface area (Å²) in [5.74, 6) is 0.915. The molecule has 0 aliphatic heterocycles. The largest absolute Gasteiger partial charge is 0.459 e. The zero-order chi connectivity index (χ0) is 18.2. The molecule has 1 amide bonds. The van der Waals surface area contributed by atoms with Gasteiger partial charge in [-0.05, 0) is 33.3 Å². The molecule has 2 heterocycles. The minimum Gasteiger partial charge on any atom is -0.459 e. The minimum absolute atomic E-state index is 0.181. The topological polar surface area (TPSA) is 91.5 Å². The highest BCUT2D eigenvalue weighted by atomic mass is 32.1. The molecular formula is C17H25N5O2S. The second kappa shape index (κ2) is 9.22. The fourth-order valence-corrected chi connectivity index (χ4v) is 3.05. The number of hydrogen-bond donors (Lipinski definition) is 3. The van der Waals surface area contributed by atoms with Crippen molar-refractivity contribution in [2.45, 2.75) is 33.7 Å². The van der Waals surface area contributed by atoms with Crippen LogP contribution in [0.3, 0.4) is 0 Å². The molecule has 2 aromatic rings. The monoisotopic (exact) mass is 363 g/mol. The van der Waals surface area contributed by atoms with Crippen LogP contribution in [0.15, 0.2) is 21.7 Å². The van der Waals surface area contributed by atoms with Crippen molar-refractivity contribution in [1.29, 1.82) is 0 Å². The van der Waals surface area contributed by atoms with E-state index in [1.165, 1.54) is 11.1 Å². The maximum Gasteiger partial charge on any atom is 0.287 e. The first-order valence-electron chi connectivity index (χ1n) is 8.21. The SMILES string of the molecule is CN=C(NCCCNC(=O)c1occc1C)NCc1nc(C)c(C)s1. The average molecular weight is 363 g/mol. The van der Waals surface area contributed by atoms with E-state index in [0.29, 0.717) is 25.4 Å². The van der Waals surface area contributed by atoms with Crippen LogP contribution in [0.1, 0.15) is 38.1 Å². The molecule has 2 rings (SSSR count). The number of aromatic nitrogens is 1. The Bertz CT molecular complexity index is 716. The van der Waals surface area contributed by atoms with Crippen LogP contribution in [0.4, 0.5) is 0 Å². The van der Waals surface area contributed by atoms with Gasteiger partial charge in [0.2, 0.25) is 0 Å². The molecule has 8 heteroatoms. The summed E-state index contributed by atoms with van der Waals surface area (Å²) in [6.07, 6.45) is 2.30. The number of nitrogens with zero attached hydrogens (tertiary/aromatic N) is 2. The summed E-state index contributed by atoms with van der Waals surface area (Å²) < 4.78 is 5.16. The predicted octanol–water partition coefficient (Wildman–Crippen LogP) is 2.15. The number of rotatable bonds is 7. The minimum atomic E-state index is -0.181. The quantitative estimate of drug-likeness (QED) is 0.398. The molecule has 7 nitrogen and oxygen atoms in total. The van der Waals surface area contributed by atoms with Gasteiger partial charge in [-0.2, -0.15) is 0 Å². The Kier molecular flexibility index (Phi) is 7.00. The molecule has 0 unspecified atom stereocenters. The van der Waals surface area contributed by atoms with Gasteiger partial charge in [-0.1, -0.05) is 0 Å². The van der Waals surface area contributed by atoms with Crippen LogP contribution >= 0.6 is 11.3 Å². The number of guanidine groups is 1. The number of aliphatic imine (C=N–C) groups is 1. The lowest BCUT2D eigenvalue weighted by atomic mass is 10.2. The lowest BCUT2D eigenvalue weighted by Gasteiger charge is -2.11. The highest BCUT2D eigenvalue weighted by molar-refractivity contribution is 7.11. The van der Waals surface area contributed by atoms with Gasteiger partial charge in [-0.25, -0.2) is 4.98 Å². The molecule has 2 aromatic heterocycles. The van der Waals surface area contributed by atoms with Crippen LogP contribution in [-0.2, 0) is 6.54 Å². The van der Waals surface area contributed by atoms with Crippen molar-refractivity contribution in [2.75, 3.05) is 20.1 Å². The lowest BCUT2D eigenvalue weighted by molar-refractivity contribution is 0.0925. The van der Waals surface area contributed by atoms with Gasteiger partial charge in [0.25, 0.3) is 5.91 Å². The molecule has 0 aromatic carbocycles. The van der Waals surface area contributed by atoms with Gasteiger partial charge in [-0.15, -0.1) is 11.3 Å². The van der Waals surface area contributed by atoms with Crippen LogP contribution in [0.25, 0.3) is 0 Å². The zero-order valence-corrected chi connectivity index (χ0v) is 15.9. The van der Waals surface area contributed by atoms with Crippen LogP contribution in [0.2, 0.25) is 0 Å². The van der Waals surface area contributed by atoms with Crippen LogP contribution in [0, 0.1) is 20.8 Å². The van der Waals surface area contributed by atoms with E-state index in [0.717, 1.165) is 28.6 Å². The van der Waals surface area contributed by atoms with E-state index in [2.05, 4.69) is 32.9 Å². The highest BCUT2D eigenvalue weighted by Crippen LogP contribution is 2.15. The summed E-state index contributed by atoms with van der Waals surface area (Å²) in [7, 11) is 1.73. The molecule has 136 valence electrons. The molecule has 0 saturated heterocycles. The number of carbonyl (C=O) groups is 1. The lowest BCUT2D eigenvalue weighted by Crippen LogP contribution is -2.38. The van der Waals surface area contributed by atoms with Gasteiger partial charge in [0.1, 0.15) is 5.01 Å². The molecule has 3 N–H and O–H groups in total. The summed E-state index contributed by atoms with van der Waals surface area (Å²) in [6, 6.07) is 1.78. The van der Waals surface area contributed by atoms with E-state index in [1.807, 2.05) is 13.8 Å². The summed E-state index contributed by atoms with van der Waals surface area (Å²) in [5.41, 5.74) is 1.92. The number of thiazole rings is 1. The highest BCUT2D eigenvalue weighted by Gasteiger charge is 2.11. The third-order valence-corrected chi connectivity index (χ3v) is 4.78. The van der Waals surface area contributed by atoms with Gasteiger partial charge < -0.3 is 20.4 Å². The fourth-order valence-electron chi connectivity index (χ4n) is 2.18. The third kappa shape index (κ3) is 5.60. The van der Waals surface area contributed by atoms with E-state index in [4.69, 9.17) is 4.42 Å².